The summed E-state index contributed by atoms with van der Waals surface area (Å²) < 4.78 is 0. The molecule has 28 heavy (non-hydrogen) atoms. The van der Waals surface area contributed by atoms with Gasteiger partial charge < -0.3 is 10.6 Å². The van der Waals surface area contributed by atoms with Gasteiger partial charge in [0.15, 0.2) is 0 Å². The third kappa shape index (κ3) is 7.17. The molecule has 8 heteroatoms. The van der Waals surface area contributed by atoms with Crippen molar-refractivity contribution >= 4 is 58.2 Å². The van der Waals surface area contributed by atoms with Crippen molar-refractivity contribution < 1.29 is 9.59 Å². The zero-order chi connectivity index (χ0) is 20.5. The van der Waals surface area contributed by atoms with Crippen LogP contribution in [0.4, 0.5) is 0 Å². The van der Waals surface area contributed by atoms with Crippen molar-refractivity contribution in [1.29, 1.82) is 0 Å². The highest BCUT2D eigenvalue weighted by atomic mass is 35.5. The van der Waals surface area contributed by atoms with E-state index in [-0.39, 0.29) is 11.8 Å². The number of hydrogen-bond acceptors (Lipinski definition) is 2. The van der Waals surface area contributed by atoms with Gasteiger partial charge in [0.2, 0.25) is 0 Å². The molecule has 0 aliphatic carbocycles. The first kappa shape index (κ1) is 22.8. The molecule has 0 bridgehead atoms. The molecule has 2 rings (SSSR count). The summed E-state index contributed by atoms with van der Waals surface area (Å²) in [5, 5.41) is 7.34. The number of carbonyl (C=O) groups is 2. The van der Waals surface area contributed by atoms with E-state index in [1.54, 1.807) is 36.4 Å². The van der Waals surface area contributed by atoms with Crippen LogP contribution >= 0.6 is 46.4 Å². The van der Waals surface area contributed by atoms with Crippen LogP contribution in [-0.2, 0) is 0 Å². The highest BCUT2D eigenvalue weighted by Gasteiger charge is 2.11. The van der Waals surface area contributed by atoms with Crippen molar-refractivity contribution in [3.8, 4) is 0 Å². The fraction of sp³-hybridized carbons (Fsp3) is 0.300. The molecule has 2 aromatic rings. The van der Waals surface area contributed by atoms with Crippen LogP contribution in [-0.4, -0.2) is 24.9 Å². The third-order valence-electron chi connectivity index (χ3n) is 4.02. The predicted molar refractivity (Wildman–Crippen MR) is 116 cm³/mol. The van der Waals surface area contributed by atoms with E-state index in [4.69, 9.17) is 46.4 Å². The molecule has 2 amide bonds. The molecule has 0 saturated heterocycles. The topological polar surface area (TPSA) is 58.2 Å². The van der Waals surface area contributed by atoms with Crippen LogP contribution < -0.4 is 10.6 Å². The van der Waals surface area contributed by atoms with Crippen molar-refractivity contribution in [2.45, 2.75) is 25.7 Å². The van der Waals surface area contributed by atoms with Crippen molar-refractivity contribution in [2.75, 3.05) is 13.1 Å². The molecule has 0 heterocycles. The van der Waals surface area contributed by atoms with E-state index in [9.17, 15) is 9.59 Å². The van der Waals surface area contributed by atoms with Gasteiger partial charge >= 0.3 is 0 Å². The predicted octanol–water partition coefficient (Wildman–Crippen LogP) is 6.02. The Morgan fingerprint density at radius 1 is 0.643 bits per heavy atom. The van der Waals surface area contributed by atoms with Crippen molar-refractivity contribution in [2.24, 2.45) is 0 Å². The number of halogens is 4. The summed E-state index contributed by atoms with van der Waals surface area (Å²) in [6, 6.07) is 9.58. The number of rotatable bonds is 9. The van der Waals surface area contributed by atoms with Crippen LogP contribution in [0.15, 0.2) is 36.4 Å². The second-order valence-electron chi connectivity index (χ2n) is 6.17. The van der Waals surface area contributed by atoms with E-state index in [1.165, 1.54) is 0 Å². The molecule has 0 fully saturated rings. The standard InChI is InChI=1S/C20H20Cl4N2O2/c21-13-5-7-17(23)15(11-13)19(27)25-9-3-1-2-4-10-26-20(28)16-12-14(22)6-8-18(16)24/h5-8,11-12H,1-4,9-10H2,(H,25,27)(H,26,28). The maximum absolute atomic E-state index is 12.1. The molecule has 0 aliphatic rings. The Bertz CT molecular complexity index is 773. The zero-order valence-electron chi connectivity index (χ0n) is 15.0. The first-order valence-electron chi connectivity index (χ1n) is 8.85. The van der Waals surface area contributed by atoms with Crippen molar-refractivity contribution in [3.05, 3.63) is 67.6 Å². The summed E-state index contributed by atoms with van der Waals surface area (Å²) in [5.41, 5.74) is 0.744. The SMILES string of the molecule is O=C(NCCCCCCNC(=O)c1cc(Cl)ccc1Cl)c1cc(Cl)ccc1Cl. The highest BCUT2D eigenvalue weighted by Crippen LogP contribution is 2.21. The van der Waals surface area contributed by atoms with E-state index in [2.05, 4.69) is 10.6 Å². The van der Waals surface area contributed by atoms with Gasteiger partial charge in [0.1, 0.15) is 0 Å². The fourth-order valence-electron chi connectivity index (χ4n) is 2.54. The summed E-state index contributed by atoms with van der Waals surface area (Å²) in [6.07, 6.45) is 3.52. The number of amides is 2. The Labute approximate surface area is 184 Å². The fourth-order valence-corrected chi connectivity index (χ4v) is 3.29. The van der Waals surface area contributed by atoms with E-state index in [0.29, 0.717) is 44.3 Å². The van der Waals surface area contributed by atoms with Crippen LogP contribution in [0.1, 0.15) is 46.4 Å². The van der Waals surface area contributed by atoms with Gasteiger partial charge in [-0.15, -0.1) is 0 Å². The Hall–Kier alpha value is -1.46. The first-order valence-corrected chi connectivity index (χ1v) is 10.4. The first-order chi connectivity index (χ1) is 13.4. The van der Waals surface area contributed by atoms with Crippen LogP contribution in [0.25, 0.3) is 0 Å². The molecule has 0 aliphatic heterocycles. The number of unbranched alkanes of at least 4 members (excludes halogenated alkanes) is 3. The minimum atomic E-state index is -0.238. The lowest BCUT2D eigenvalue weighted by molar-refractivity contribution is 0.0943. The van der Waals surface area contributed by atoms with Gasteiger partial charge in [-0.3, -0.25) is 9.59 Å². The Kier molecular flexibility index (Phi) is 9.39. The Morgan fingerprint density at radius 3 is 1.43 bits per heavy atom. The molecule has 0 unspecified atom stereocenters. The quantitative estimate of drug-likeness (QED) is 0.448. The monoisotopic (exact) mass is 460 g/mol. The smallest absolute Gasteiger partial charge is 0.252 e. The molecule has 2 aromatic carbocycles. The number of hydrogen-bond donors (Lipinski definition) is 2. The van der Waals surface area contributed by atoms with E-state index in [0.717, 1.165) is 25.7 Å². The minimum Gasteiger partial charge on any atom is -0.352 e. The lowest BCUT2D eigenvalue weighted by atomic mass is 10.1. The summed E-state index contributed by atoms with van der Waals surface area (Å²) in [6.45, 7) is 1.10. The van der Waals surface area contributed by atoms with Gasteiger partial charge in [-0.1, -0.05) is 59.2 Å². The Balaban J connectivity index is 1.59. The largest absolute Gasteiger partial charge is 0.352 e. The van der Waals surface area contributed by atoms with Crippen LogP contribution in [0.2, 0.25) is 20.1 Å². The second kappa shape index (κ2) is 11.5. The number of nitrogens with one attached hydrogen (secondary N) is 2. The van der Waals surface area contributed by atoms with Crippen molar-refractivity contribution in [3.63, 3.8) is 0 Å². The summed E-state index contributed by atoms with van der Waals surface area (Å²) >= 11 is 23.8. The second-order valence-corrected chi connectivity index (χ2v) is 7.86. The number of carbonyl (C=O) groups excluding carboxylic acids is 2. The van der Waals surface area contributed by atoms with E-state index in [1.807, 2.05) is 0 Å². The zero-order valence-corrected chi connectivity index (χ0v) is 18.1. The van der Waals surface area contributed by atoms with E-state index < -0.39 is 0 Å². The Morgan fingerprint density at radius 2 is 1.04 bits per heavy atom. The number of benzene rings is 2. The molecular weight excluding hydrogens is 442 g/mol. The molecule has 4 nitrogen and oxygen atoms in total. The van der Waals surface area contributed by atoms with Crippen LogP contribution in [0.3, 0.4) is 0 Å². The average Bonchev–Trinajstić information content (AvgIpc) is 2.67. The molecule has 0 spiro atoms. The molecule has 0 saturated carbocycles. The maximum Gasteiger partial charge on any atom is 0.252 e. The van der Waals surface area contributed by atoms with E-state index >= 15 is 0 Å². The van der Waals surface area contributed by atoms with Gasteiger partial charge in [-0.05, 0) is 49.2 Å². The molecule has 0 radical (unpaired) electrons. The molecule has 0 aromatic heterocycles. The normalized spacial score (nSPS) is 10.6. The van der Waals surface area contributed by atoms with Gasteiger partial charge in [0.25, 0.3) is 11.8 Å². The lowest BCUT2D eigenvalue weighted by Crippen LogP contribution is -2.25. The minimum absolute atomic E-state index is 0.238. The van der Waals surface area contributed by atoms with Crippen LogP contribution in [0.5, 0.6) is 0 Å². The summed E-state index contributed by atoms with van der Waals surface area (Å²) in [7, 11) is 0. The maximum atomic E-state index is 12.1. The van der Waals surface area contributed by atoms with Gasteiger partial charge in [0.05, 0.1) is 21.2 Å². The molecule has 150 valence electrons. The molecule has 0 atom stereocenters. The van der Waals surface area contributed by atoms with Crippen LogP contribution in [0, 0.1) is 0 Å². The molecule has 2 N–H and O–H groups in total. The van der Waals surface area contributed by atoms with Gasteiger partial charge in [0, 0.05) is 23.1 Å². The van der Waals surface area contributed by atoms with Gasteiger partial charge in [-0.25, -0.2) is 0 Å². The molecular formula is C20H20Cl4N2O2. The van der Waals surface area contributed by atoms with Crippen molar-refractivity contribution in [1.82, 2.24) is 10.6 Å². The third-order valence-corrected chi connectivity index (χ3v) is 5.15. The van der Waals surface area contributed by atoms with Gasteiger partial charge in [-0.2, -0.15) is 0 Å². The summed E-state index contributed by atoms with van der Waals surface area (Å²) in [5.74, 6) is -0.476. The highest BCUT2D eigenvalue weighted by molar-refractivity contribution is 6.36. The summed E-state index contributed by atoms with van der Waals surface area (Å²) in [4.78, 5) is 24.2. The lowest BCUT2D eigenvalue weighted by Gasteiger charge is -2.08. The average molecular weight is 462 g/mol.